The number of nitrogens with zero attached hydrogens (tertiary/aromatic N) is 3. The van der Waals surface area contributed by atoms with Gasteiger partial charge in [-0.25, -0.2) is 4.39 Å². The first-order valence-electron chi connectivity index (χ1n) is 9.77. The highest BCUT2D eigenvalue weighted by Gasteiger charge is 2.32. The van der Waals surface area contributed by atoms with Crippen molar-refractivity contribution < 1.29 is 36.2 Å². The minimum absolute atomic E-state index is 0.142. The van der Waals surface area contributed by atoms with Crippen molar-refractivity contribution in [3.63, 3.8) is 0 Å². The molecule has 0 spiro atoms. The largest absolute Gasteiger partial charge is 0.434 e. The van der Waals surface area contributed by atoms with E-state index in [1.165, 1.54) is 10.6 Å². The number of alkyl halides is 5. The van der Waals surface area contributed by atoms with Crippen LogP contribution in [-0.2, 0) is 6.18 Å². The molecular weight excluding hydrogens is 442 g/mol. The van der Waals surface area contributed by atoms with E-state index in [0.717, 1.165) is 25.0 Å². The molecule has 6 nitrogen and oxygen atoms in total. The maximum absolute atomic E-state index is 14.7. The number of hydrogen-bond acceptors (Lipinski definition) is 5. The van der Waals surface area contributed by atoms with Gasteiger partial charge in [0.1, 0.15) is 17.0 Å². The van der Waals surface area contributed by atoms with Gasteiger partial charge in [0.05, 0.1) is 11.7 Å². The van der Waals surface area contributed by atoms with Crippen LogP contribution in [0.1, 0.15) is 31.2 Å². The molecule has 12 heteroatoms. The van der Waals surface area contributed by atoms with Crippen molar-refractivity contribution in [1.82, 2.24) is 14.6 Å². The Balaban J connectivity index is 1.79. The molecule has 0 saturated heterocycles. The van der Waals surface area contributed by atoms with E-state index in [1.807, 2.05) is 0 Å². The molecule has 1 aromatic carbocycles. The molecule has 0 unspecified atom stereocenters. The molecule has 2 N–H and O–H groups in total. The van der Waals surface area contributed by atoms with E-state index in [4.69, 9.17) is 0 Å². The molecule has 0 radical (unpaired) electrons. The van der Waals surface area contributed by atoms with Crippen LogP contribution < -0.4 is 10.1 Å². The molecular formula is C20H18F6N4O2. The first-order valence-corrected chi connectivity index (χ1v) is 9.77. The first-order chi connectivity index (χ1) is 15.1. The second-order valence-corrected chi connectivity index (χ2v) is 7.50. The van der Waals surface area contributed by atoms with Gasteiger partial charge in [0.25, 0.3) is 0 Å². The molecule has 0 aliphatic heterocycles. The molecule has 2 aromatic heterocycles. The van der Waals surface area contributed by atoms with Crippen LogP contribution in [0, 0.1) is 5.82 Å². The molecule has 1 aliphatic rings. The summed E-state index contributed by atoms with van der Waals surface area (Å²) in [6.07, 6.45) is -1.27. The number of anilines is 1. The van der Waals surface area contributed by atoms with Crippen molar-refractivity contribution in [2.45, 2.75) is 50.6 Å². The topological polar surface area (TPSA) is 71.7 Å². The Morgan fingerprint density at radius 3 is 2.62 bits per heavy atom. The Kier molecular flexibility index (Phi) is 5.89. The molecule has 2 atom stereocenters. The quantitative estimate of drug-likeness (QED) is 0.532. The van der Waals surface area contributed by atoms with Crippen LogP contribution >= 0.6 is 0 Å². The third-order valence-corrected chi connectivity index (χ3v) is 5.29. The third kappa shape index (κ3) is 4.45. The Morgan fingerprint density at radius 2 is 1.94 bits per heavy atom. The molecule has 1 saturated carbocycles. The zero-order chi connectivity index (χ0) is 23.0. The van der Waals surface area contributed by atoms with E-state index >= 15 is 0 Å². The smallest absolute Gasteiger partial charge is 0.416 e. The minimum Gasteiger partial charge on any atom is -0.434 e. The van der Waals surface area contributed by atoms with Crippen molar-refractivity contribution in [3.8, 4) is 17.0 Å². The van der Waals surface area contributed by atoms with Crippen LogP contribution in [0.15, 0.2) is 30.5 Å². The van der Waals surface area contributed by atoms with E-state index in [0.29, 0.717) is 25.0 Å². The number of nitrogens with one attached hydrogen (secondary N) is 1. The molecule has 1 fully saturated rings. The second-order valence-electron chi connectivity index (χ2n) is 7.50. The molecule has 172 valence electrons. The molecule has 0 amide bonds. The van der Waals surface area contributed by atoms with Crippen molar-refractivity contribution in [3.05, 3.63) is 41.8 Å². The lowest BCUT2D eigenvalue weighted by molar-refractivity contribution is -0.138. The van der Waals surface area contributed by atoms with Crippen molar-refractivity contribution in [1.29, 1.82) is 0 Å². The van der Waals surface area contributed by atoms with E-state index in [1.54, 1.807) is 0 Å². The predicted octanol–water partition coefficient (Wildman–Crippen LogP) is 4.87. The lowest BCUT2D eigenvalue weighted by atomic mass is 9.93. The third-order valence-electron chi connectivity index (χ3n) is 5.29. The summed E-state index contributed by atoms with van der Waals surface area (Å²) in [5, 5.41) is 20.8. The van der Waals surface area contributed by atoms with Crippen LogP contribution in [0.3, 0.4) is 0 Å². The van der Waals surface area contributed by atoms with Gasteiger partial charge in [-0.2, -0.15) is 22.0 Å². The molecule has 3 aromatic rings. The van der Waals surface area contributed by atoms with Gasteiger partial charge in [-0.05, 0) is 49.9 Å². The summed E-state index contributed by atoms with van der Waals surface area (Å²) in [6, 6.07) is 2.93. The lowest BCUT2D eigenvalue weighted by Gasteiger charge is -2.27. The first kappa shape index (κ1) is 22.2. The SMILES string of the molecule is O[C@H]1CCC[C@@H](Nc2nnc(-c3ccc(C(F)(F)F)cc3OC(F)F)c3c(F)ccn23)C1. The van der Waals surface area contributed by atoms with Gasteiger partial charge in [0.15, 0.2) is 5.82 Å². The summed E-state index contributed by atoms with van der Waals surface area (Å²) in [4.78, 5) is 0. The summed E-state index contributed by atoms with van der Waals surface area (Å²) in [5.74, 6) is -1.43. The molecule has 2 heterocycles. The van der Waals surface area contributed by atoms with Crippen LogP contribution in [-0.4, -0.2) is 38.5 Å². The lowest BCUT2D eigenvalue weighted by Crippen LogP contribution is -2.31. The zero-order valence-electron chi connectivity index (χ0n) is 16.4. The van der Waals surface area contributed by atoms with Crippen LogP contribution in [0.25, 0.3) is 16.8 Å². The summed E-state index contributed by atoms with van der Waals surface area (Å²) < 4.78 is 85.1. The average Bonchev–Trinajstić information content (AvgIpc) is 3.10. The van der Waals surface area contributed by atoms with Gasteiger partial charge in [0, 0.05) is 17.8 Å². The van der Waals surface area contributed by atoms with Gasteiger partial charge >= 0.3 is 12.8 Å². The number of ether oxygens (including phenoxy) is 1. The highest BCUT2D eigenvalue weighted by molar-refractivity contribution is 5.82. The fourth-order valence-corrected chi connectivity index (χ4v) is 3.85. The van der Waals surface area contributed by atoms with Gasteiger partial charge in [0.2, 0.25) is 5.95 Å². The maximum atomic E-state index is 14.7. The van der Waals surface area contributed by atoms with Crippen molar-refractivity contribution >= 4 is 11.5 Å². The number of aliphatic hydroxyl groups is 1. The minimum atomic E-state index is -4.79. The van der Waals surface area contributed by atoms with Gasteiger partial charge in [-0.1, -0.05) is 0 Å². The Morgan fingerprint density at radius 1 is 1.16 bits per heavy atom. The summed E-state index contributed by atoms with van der Waals surface area (Å²) >= 11 is 0. The van der Waals surface area contributed by atoms with Gasteiger partial charge < -0.3 is 15.2 Å². The fraction of sp³-hybridized carbons (Fsp3) is 0.400. The Labute approximate surface area is 177 Å². The number of fused-ring (bicyclic) bond motifs is 1. The summed E-state index contributed by atoms with van der Waals surface area (Å²) in [6.45, 7) is -3.41. The predicted molar refractivity (Wildman–Crippen MR) is 102 cm³/mol. The summed E-state index contributed by atoms with van der Waals surface area (Å²) in [5.41, 5.74) is -1.90. The Hall–Kier alpha value is -3.02. The number of aromatic nitrogens is 3. The van der Waals surface area contributed by atoms with Crippen molar-refractivity contribution in [2.24, 2.45) is 0 Å². The molecule has 32 heavy (non-hydrogen) atoms. The van der Waals surface area contributed by atoms with E-state index < -0.39 is 36.0 Å². The average molecular weight is 460 g/mol. The number of halogens is 6. The van der Waals surface area contributed by atoms with E-state index in [2.05, 4.69) is 20.3 Å². The van der Waals surface area contributed by atoms with Crippen LogP contribution in [0.4, 0.5) is 32.3 Å². The zero-order valence-corrected chi connectivity index (χ0v) is 16.4. The number of rotatable bonds is 5. The highest BCUT2D eigenvalue weighted by atomic mass is 19.4. The monoisotopic (exact) mass is 460 g/mol. The highest BCUT2D eigenvalue weighted by Crippen LogP contribution is 2.39. The summed E-state index contributed by atoms with van der Waals surface area (Å²) in [7, 11) is 0. The maximum Gasteiger partial charge on any atom is 0.416 e. The fourth-order valence-electron chi connectivity index (χ4n) is 3.85. The molecule has 4 rings (SSSR count). The van der Waals surface area contributed by atoms with Gasteiger partial charge in [-0.15, -0.1) is 10.2 Å². The number of benzene rings is 1. The number of hydrogen-bond donors (Lipinski definition) is 2. The van der Waals surface area contributed by atoms with E-state index in [-0.39, 0.29) is 28.8 Å². The Bertz CT molecular complexity index is 1120. The normalized spacial score (nSPS) is 19.5. The standard InChI is InChI=1S/C20H18F6N4O2/c21-14-6-7-30-17(14)16(28-29-19(30)27-11-2-1-3-12(31)9-11)13-5-4-10(20(24,25)26)8-15(13)32-18(22)23/h4-8,11-12,18,31H,1-3,9H2,(H,27,29)/t11-,12+/m1/s1. The van der Waals surface area contributed by atoms with E-state index in [9.17, 15) is 31.4 Å². The molecule has 0 bridgehead atoms. The number of aliphatic hydroxyl groups excluding tert-OH is 1. The van der Waals surface area contributed by atoms with Crippen molar-refractivity contribution in [2.75, 3.05) is 5.32 Å². The van der Waals surface area contributed by atoms with Crippen LogP contribution in [0.2, 0.25) is 0 Å². The molecule has 1 aliphatic carbocycles. The van der Waals surface area contributed by atoms with Gasteiger partial charge in [-0.3, -0.25) is 4.40 Å². The van der Waals surface area contributed by atoms with Crippen LogP contribution in [0.5, 0.6) is 5.75 Å². The second kappa shape index (κ2) is 8.49.